The fraction of sp³-hybridized carbons (Fsp3) is 0.500. The van der Waals surface area contributed by atoms with Crippen LogP contribution in [0.5, 0.6) is 0 Å². The molecule has 0 bridgehead atoms. The number of carbonyl (C=O) groups is 1. The molecule has 136 valence electrons. The van der Waals surface area contributed by atoms with Crippen LogP contribution in [0.2, 0.25) is 0 Å². The van der Waals surface area contributed by atoms with Gasteiger partial charge in [-0.1, -0.05) is 53.7 Å². The Labute approximate surface area is 150 Å². The molecule has 0 radical (unpaired) electrons. The first kappa shape index (κ1) is 19.2. The molecular formula is C20H30N4O. The van der Waals surface area contributed by atoms with Gasteiger partial charge in [0, 0.05) is 29.0 Å². The fourth-order valence-electron chi connectivity index (χ4n) is 2.68. The van der Waals surface area contributed by atoms with E-state index in [1.165, 1.54) is 0 Å². The van der Waals surface area contributed by atoms with Gasteiger partial charge in [-0.05, 0) is 23.8 Å². The van der Waals surface area contributed by atoms with Crippen LogP contribution in [0.25, 0.3) is 5.69 Å². The molecule has 0 saturated heterocycles. The Morgan fingerprint density at radius 1 is 1.08 bits per heavy atom. The molecule has 2 rings (SSSR count). The summed E-state index contributed by atoms with van der Waals surface area (Å²) in [6, 6.07) is 9.67. The van der Waals surface area contributed by atoms with Gasteiger partial charge in [-0.15, -0.1) is 0 Å². The molecule has 5 heteroatoms. The molecular weight excluding hydrogens is 312 g/mol. The molecule has 1 aromatic heterocycles. The first-order chi connectivity index (χ1) is 11.4. The molecule has 2 aromatic rings. The summed E-state index contributed by atoms with van der Waals surface area (Å²) >= 11 is 0. The highest BCUT2D eigenvalue weighted by molar-refractivity contribution is 5.74. The zero-order valence-electron chi connectivity index (χ0n) is 16.1. The average Bonchev–Trinajstić information content (AvgIpc) is 2.92. The third kappa shape index (κ3) is 4.48. The van der Waals surface area contributed by atoms with Crippen molar-refractivity contribution in [3.05, 3.63) is 47.3 Å². The molecule has 0 aliphatic rings. The molecule has 25 heavy (non-hydrogen) atoms. The maximum absolute atomic E-state index is 11.1. The summed E-state index contributed by atoms with van der Waals surface area (Å²) in [5, 5.41) is 4.85. The van der Waals surface area contributed by atoms with E-state index in [4.69, 9.17) is 16.6 Å². The zero-order valence-corrected chi connectivity index (χ0v) is 16.1. The van der Waals surface area contributed by atoms with Crippen LogP contribution in [0, 0.1) is 0 Å². The van der Waals surface area contributed by atoms with Crippen LogP contribution >= 0.6 is 0 Å². The molecule has 0 spiro atoms. The van der Waals surface area contributed by atoms with Crippen molar-refractivity contribution in [2.45, 2.75) is 64.8 Å². The quantitative estimate of drug-likeness (QED) is 0.893. The van der Waals surface area contributed by atoms with Crippen molar-refractivity contribution in [1.82, 2.24) is 9.78 Å². The molecule has 1 heterocycles. The Bertz CT molecular complexity index is 745. The van der Waals surface area contributed by atoms with Gasteiger partial charge in [0.2, 0.25) is 5.91 Å². The van der Waals surface area contributed by atoms with E-state index in [-0.39, 0.29) is 23.3 Å². The van der Waals surface area contributed by atoms with Crippen molar-refractivity contribution in [3.8, 4) is 5.69 Å². The number of amides is 1. The van der Waals surface area contributed by atoms with Gasteiger partial charge >= 0.3 is 0 Å². The summed E-state index contributed by atoms with van der Waals surface area (Å²) in [5.41, 5.74) is 15.3. The summed E-state index contributed by atoms with van der Waals surface area (Å²) in [4.78, 5) is 11.1. The minimum Gasteiger partial charge on any atom is -0.370 e. The van der Waals surface area contributed by atoms with Crippen LogP contribution in [0.1, 0.15) is 71.0 Å². The lowest BCUT2D eigenvalue weighted by atomic mass is 9.88. The minimum atomic E-state index is -0.395. The third-order valence-electron chi connectivity index (χ3n) is 4.23. The predicted octanol–water partition coefficient (Wildman–Crippen LogP) is 3.34. The molecule has 1 aromatic carbocycles. The number of primary amides is 1. The molecule has 4 N–H and O–H groups in total. The van der Waals surface area contributed by atoms with Gasteiger partial charge < -0.3 is 11.5 Å². The highest BCUT2D eigenvalue weighted by Gasteiger charge is 2.26. The number of aromatic nitrogens is 2. The minimum absolute atomic E-state index is 0.0188. The Morgan fingerprint density at radius 2 is 1.64 bits per heavy atom. The van der Waals surface area contributed by atoms with Crippen LogP contribution in [0.15, 0.2) is 30.3 Å². The lowest BCUT2D eigenvalue weighted by molar-refractivity contribution is -0.118. The van der Waals surface area contributed by atoms with E-state index in [0.717, 1.165) is 22.6 Å². The van der Waals surface area contributed by atoms with Gasteiger partial charge in [-0.25, -0.2) is 4.68 Å². The third-order valence-corrected chi connectivity index (χ3v) is 4.23. The Balaban J connectivity index is 2.44. The monoisotopic (exact) mass is 342 g/mol. The van der Waals surface area contributed by atoms with E-state index >= 15 is 0 Å². The van der Waals surface area contributed by atoms with E-state index in [1.807, 2.05) is 28.9 Å². The van der Waals surface area contributed by atoms with Gasteiger partial charge in [-0.2, -0.15) is 5.10 Å². The molecule has 0 aliphatic carbocycles. The SMILES string of the molecule is CC(C)(C)c1cc(C(C)(C)C)n(-c2ccc(C(N)CC(N)=O)cc2)n1. The van der Waals surface area contributed by atoms with Crippen molar-refractivity contribution < 1.29 is 4.79 Å². The van der Waals surface area contributed by atoms with Gasteiger partial charge in [-0.3, -0.25) is 4.79 Å². The fourth-order valence-corrected chi connectivity index (χ4v) is 2.68. The number of hydrogen-bond donors (Lipinski definition) is 2. The van der Waals surface area contributed by atoms with Crippen LogP contribution < -0.4 is 11.5 Å². The summed E-state index contributed by atoms with van der Waals surface area (Å²) < 4.78 is 2.00. The van der Waals surface area contributed by atoms with Crippen molar-refractivity contribution in [2.75, 3.05) is 0 Å². The standard InChI is InChI=1S/C20H30N4O/c1-19(2,3)16-12-17(20(4,5)6)24(23-16)14-9-7-13(8-10-14)15(21)11-18(22)25/h7-10,12,15H,11,21H2,1-6H3,(H2,22,25). The summed E-state index contributed by atoms with van der Waals surface area (Å²) in [6.07, 6.45) is 0.141. The average molecular weight is 342 g/mol. The van der Waals surface area contributed by atoms with Crippen LogP contribution in [0.3, 0.4) is 0 Å². The van der Waals surface area contributed by atoms with Crippen molar-refractivity contribution in [1.29, 1.82) is 0 Å². The second kappa shape index (κ2) is 6.64. The number of rotatable bonds is 4. The van der Waals surface area contributed by atoms with Gasteiger partial charge in [0.05, 0.1) is 11.4 Å². The Morgan fingerprint density at radius 3 is 2.08 bits per heavy atom. The van der Waals surface area contributed by atoms with Crippen molar-refractivity contribution in [3.63, 3.8) is 0 Å². The lowest BCUT2D eigenvalue weighted by Crippen LogP contribution is -2.21. The van der Waals surface area contributed by atoms with Gasteiger partial charge in [0.1, 0.15) is 0 Å². The maximum Gasteiger partial charge on any atom is 0.219 e. The Hall–Kier alpha value is -2.14. The number of nitrogens with zero attached hydrogens (tertiary/aromatic N) is 2. The molecule has 1 unspecified atom stereocenters. The van der Waals surface area contributed by atoms with Crippen LogP contribution in [-0.2, 0) is 15.6 Å². The van der Waals surface area contributed by atoms with E-state index in [2.05, 4.69) is 47.6 Å². The molecule has 0 fully saturated rings. The van der Waals surface area contributed by atoms with Crippen molar-refractivity contribution >= 4 is 5.91 Å². The zero-order chi connectivity index (χ0) is 19.0. The van der Waals surface area contributed by atoms with Gasteiger partial charge in [0.25, 0.3) is 0 Å². The maximum atomic E-state index is 11.1. The topological polar surface area (TPSA) is 86.9 Å². The second-order valence-electron chi connectivity index (χ2n) is 8.70. The molecule has 0 saturated carbocycles. The summed E-state index contributed by atoms with van der Waals surface area (Å²) in [7, 11) is 0. The van der Waals surface area contributed by atoms with Crippen molar-refractivity contribution in [2.24, 2.45) is 11.5 Å². The normalized spacial score (nSPS) is 13.7. The largest absolute Gasteiger partial charge is 0.370 e. The molecule has 0 aliphatic heterocycles. The van der Waals surface area contributed by atoms with E-state index < -0.39 is 5.91 Å². The first-order valence-electron chi connectivity index (χ1n) is 8.65. The molecule has 1 amide bonds. The second-order valence-corrected chi connectivity index (χ2v) is 8.70. The van der Waals surface area contributed by atoms with E-state index in [0.29, 0.717) is 0 Å². The Kier molecular flexibility index (Phi) is 5.09. The molecule has 1 atom stereocenters. The number of benzene rings is 1. The smallest absolute Gasteiger partial charge is 0.219 e. The highest BCUT2D eigenvalue weighted by Crippen LogP contribution is 2.30. The number of nitrogens with two attached hydrogens (primary N) is 2. The molecule has 5 nitrogen and oxygen atoms in total. The lowest BCUT2D eigenvalue weighted by Gasteiger charge is -2.20. The number of carbonyl (C=O) groups excluding carboxylic acids is 1. The van der Waals surface area contributed by atoms with Gasteiger partial charge in [0.15, 0.2) is 0 Å². The van der Waals surface area contributed by atoms with Crippen LogP contribution in [-0.4, -0.2) is 15.7 Å². The number of hydrogen-bond acceptors (Lipinski definition) is 3. The van der Waals surface area contributed by atoms with Crippen LogP contribution in [0.4, 0.5) is 0 Å². The predicted molar refractivity (Wildman–Crippen MR) is 102 cm³/mol. The highest BCUT2D eigenvalue weighted by atomic mass is 16.1. The summed E-state index contributed by atoms with van der Waals surface area (Å²) in [6.45, 7) is 13.0. The first-order valence-corrected chi connectivity index (χ1v) is 8.65. The van der Waals surface area contributed by atoms with E-state index in [1.54, 1.807) is 0 Å². The van der Waals surface area contributed by atoms with E-state index in [9.17, 15) is 4.79 Å². The summed E-state index contributed by atoms with van der Waals surface area (Å²) in [5.74, 6) is -0.395.